The van der Waals surface area contributed by atoms with Crippen LogP contribution in [0.1, 0.15) is 43.4 Å². The average Bonchev–Trinajstić information content (AvgIpc) is 2.90. The summed E-state index contributed by atoms with van der Waals surface area (Å²) in [7, 11) is 0. The van der Waals surface area contributed by atoms with Crippen molar-refractivity contribution in [2.24, 2.45) is 0 Å². The summed E-state index contributed by atoms with van der Waals surface area (Å²) in [5.41, 5.74) is 0. The van der Waals surface area contributed by atoms with Crippen LogP contribution in [0, 0.1) is 6.92 Å². The summed E-state index contributed by atoms with van der Waals surface area (Å²) in [6.45, 7) is 5.59. The first-order valence-corrected chi connectivity index (χ1v) is 8.31. The highest BCUT2D eigenvalue weighted by atomic mass is 35.5. The number of nitrogens with one attached hydrogen (secondary N) is 2. The van der Waals surface area contributed by atoms with Crippen molar-refractivity contribution < 1.29 is 4.79 Å². The van der Waals surface area contributed by atoms with E-state index in [1.807, 2.05) is 11.4 Å². The summed E-state index contributed by atoms with van der Waals surface area (Å²) in [5.74, 6) is 1.09. The van der Waals surface area contributed by atoms with Gasteiger partial charge in [0.25, 0.3) is 0 Å². The molecule has 0 fully saturated rings. The second-order valence-electron chi connectivity index (χ2n) is 4.67. The third-order valence-corrected chi connectivity index (χ3v) is 4.46. The summed E-state index contributed by atoms with van der Waals surface area (Å²) in [6, 6.07) is 1.89. The van der Waals surface area contributed by atoms with E-state index < -0.39 is 0 Å². The first kappa shape index (κ1) is 16.6. The van der Waals surface area contributed by atoms with Gasteiger partial charge in [-0.3, -0.25) is 10.1 Å². The molecule has 0 aliphatic heterocycles. The van der Waals surface area contributed by atoms with Crippen LogP contribution in [0.25, 0.3) is 0 Å². The van der Waals surface area contributed by atoms with Crippen LogP contribution in [0.2, 0.25) is 5.02 Å². The van der Waals surface area contributed by atoms with Crippen LogP contribution in [0.4, 0.5) is 11.9 Å². The van der Waals surface area contributed by atoms with E-state index in [0.29, 0.717) is 18.2 Å². The SMILES string of the molecule is CCC(=O)Nc1nc(C)nc(NC(CC)c2sccc2Cl)n1. The number of amides is 1. The minimum Gasteiger partial charge on any atom is -0.346 e. The molecule has 1 amide bonds. The molecule has 0 aliphatic rings. The van der Waals surface area contributed by atoms with Crippen molar-refractivity contribution >= 4 is 40.7 Å². The fraction of sp³-hybridized carbons (Fsp3) is 0.429. The first-order valence-electron chi connectivity index (χ1n) is 7.05. The van der Waals surface area contributed by atoms with E-state index in [-0.39, 0.29) is 17.9 Å². The monoisotopic (exact) mass is 339 g/mol. The highest BCUT2D eigenvalue weighted by Crippen LogP contribution is 2.32. The maximum atomic E-state index is 11.5. The molecule has 1 atom stereocenters. The van der Waals surface area contributed by atoms with Crippen LogP contribution in [0.5, 0.6) is 0 Å². The molecule has 2 aromatic rings. The molecular weight excluding hydrogens is 322 g/mol. The van der Waals surface area contributed by atoms with Gasteiger partial charge in [0.2, 0.25) is 17.8 Å². The number of aryl methyl sites for hydroxylation is 1. The third-order valence-electron chi connectivity index (χ3n) is 2.99. The Kier molecular flexibility index (Phi) is 5.68. The van der Waals surface area contributed by atoms with E-state index in [0.717, 1.165) is 16.3 Å². The number of nitrogens with zero attached hydrogens (tertiary/aromatic N) is 3. The Morgan fingerprint density at radius 3 is 2.64 bits per heavy atom. The van der Waals surface area contributed by atoms with E-state index >= 15 is 0 Å². The lowest BCUT2D eigenvalue weighted by molar-refractivity contribution is -0.115. The van der Waals surface area contributed by atoms with Gasteiger partial charge in [-0.15, -0.1) is 11.3 Å². The van der Waals surface area contributed by atoms with E-state index in [9.17, 15) is 4.79 Å². The molecule has 2 heterocycles. The predicted octanol–water partition coefficient (Wildman–Crippen LogP) is 3.81. The molecule has 2 N–H and O–H groups in total. The summed E-state index contributed by atoms with van der Waals surface area (Å²) in [6.07, 6.45) is 1.21. The number of hydrogen-bond acceptors (Lipinski definition) is 6. The molecule has 0 spiro atoms. The number of rotatable bonds is 6. The Bertz CT molecular complexity index is 660. The molecule has 2 aromatic heterocycles. The number of carbonyl (C=O) groups is 1. The molecule has 8 heteroatoms. The second-order valence-corrected chi connectivity index (χ2v) is 6.02. The van der Waals surface area contributed by atoms with Crippen LogP contribution in [0.15, 0.2) is 11.4 Å². The highest BCUT2D eigenvalue weighted by Gasteiger charge is 2.16. The van der Waals surface area contributed by atoms with Crippen molar-refractivity contribution in [3.8, 4) is 0 Å². The summed E-state index contributed by atoms with van der Waals surface area (Å²) in [5, 5.41) is 8.59. The molecule has 2 rings (SSSR count). The second kappa shape index (κ2) is 7.51. The Hall–Kier alpha value is -1.73. The minimum atomic E-state index is -0.134. The molecule has 0 aromatic carbocycles. The van der Waals surface area contributed by atoms with Crippen LogP contribution >= 0.6 is 22.9 Å². The summed E-state index contributed by atoms with van der Waals surface area (Å²) in [4.78, 5) is 25.1. The van der Waals surface area contributed by atoms with Gasteiger partial charge in [-0.25, -0.2) is 0 Å². The predicted molar refractivity (Wildman–Crippen MR) is 89.5 cm³/mol. The Morgan fingerprint density at radius 1 is 1.32 bits per heavy atom. The van der Waals surface area contributed by atoms with Gasteiger partial charge < -0.3 is 5.32 Å². The Morgan fingerprint density at radius 2 is 2.05 bits per heavy atom. The van der Waals surface area contributed by atoms with Crippen molar-refractivity contribution in [3.63, 3.8) is 0 Å². The highest BCUT2D eigenvalue weighted by molar-refractivity contribution is 7.10. The fourth-order valence-electron chi connectivity index (χ4n) is 1.88. The van der Waals surface area contributed by atoms with E-state index in [1.165, 1.54) is 0 Å². The smallest absolute Gasteiger partial charge is 0.234 e. The number of halogens is 1. The molecule has 118 valence electrons. The van der Waals surface area contributed by atoms with Gasteiger partial charge in [0, 0.05) is 11.3 Å². The lowest BCUT2D eigenvalue weighted by Crippen LogP contribution is -2.16. The molecule has 0 saturated carbocycles. The molecule has 1 unspecified atom stereocenters. The third kappa shape index (κ3) is 4.14. The molecule has 0 aliphatic carbocycles. The number of carbonyl (C=O) groups excluding carboxylic acids is 1. The zero-order chi connectivity index (χ0) is 16.1. The Balaban J connectivity index is 2.21. The average molecular weight is 340 g/mol. The van der Waals surface area contributed by atoms with E-state index in [2.05, 4.69) is 32.5 Å². The lowest BCUT2D eigenvalue weighted by atomic mass is 10.2. The van der Waals surface area contributed by atoms with Gasteiger partial charge in [-0.1, -0.05) is 25.4 Å². The fourth-order valence-corrected chi connectivity index (χ4v) is 3.20. The number of anilines is 2. The standard InChI is InChI=1S/C14H18ClN5OS/c1-4-10(12-9(15)6-7-22-12)18-13-16-8(3)17-14(20-13)19-11(21)5-2/h6-7,10H,4-5H2,1-3H3,(H2,16,17,18,19,20,21). The van der Waals surface area contributed by atoms with Crippen molar-refractivity contribution in [1.82, 2.24) is 15.0 Å². The molecular formula is C14H18ClN5OS. The van der Waals surface area contributed by atoms with Crippen molar-refractivity contribution in [3.05, 3.63) is 27.2 Å². The van der Waals surface area contributed by atoms with Gasteiger partial charge in [-0.05, 0) is 24.8 Å². The maximum Gasteiger partial charge on any atom is 0.234 e. The topological polar surface area (TPSA) is 79.8 Å². The van der Waals surface area contributed by atoms with Crippen LogP contribution in [-0.4, -0.2) is 20.9 Å². The Labute approximate surface area is 138 Å². The molecule has 22 heavy (non-hydrogen) atoms. The minimum absolute atomic E-state index is 0.0176. The molecule has 0 saturated heterocycles. The van der Waals surface area contributed by atoms with Crippen LogP contribution in [0.3, 0.4) is 0 Å². The normalized spacial score (nSPS) is 12.0. The van der Waals surface area contributed by atoms with Crippen molar-refractivity contribution in [2.45, 2.75) is 39.7 Å². The van der Waals surface area contributed by atoms with Gasteiger partial charge >= 0.3 is 0 Å². The van der Waals surface area contributed by atoms with E-state index in [1.54, 1.807) is 25.2 Å². The number of thiophene rings is 1. The van der Waals surface area contributed by atoms with Crippen molar-refractivity contribution in [2.75, 3.05) is 10.6 Å². The quantitative estimate of drug-likeness (QED) is 0.836. The van der Waals surface area contributed by atoms with Crippen LogP contribution < -0.4 is 10.6 Å². The number of hydrogen-bond donors (Lipinski definition) is 2. The van der Waals surface area contributed by atoms with Gasteiger partial charge in [0.15, 0.2) is 0 Å². The first-order chi connectivity index (χ1) is 10.5. The number of aromatic nitrogens is 3. The zero-order valence-electron chi connectivity index (χ0n) is 12.7. The maximum absolute atomic E-state index is 11.5. The zero-order valence-corrected chi connectivity index (χ0v) is 14.3. The largest absolute Gasteiger partial charge is 0.346 e. The molecule has 0 bridgehead atoms. The summed E-state index contributed by atoms with van der Waals surface area (Å²) >= 11 is 7.78. The van der Waals surface area contributed by atoms with Crippen molar-refractivity contribution in [1.29, 1.82) is 0 Å². The van der Waals surface area contributed by atoms with Gasteiger partial charge in [-0.2, -0.15) is 15.0 Å². The van der Waals surface area contributed by atoms with Crippen LogP contribution in [-0.2, 0) is 4.79 Å². The lowest BCUT2D eigenvalue weighted by Gasteiger charge is -2.16. The van der Waals surface area contributed by atoms with Gasteiger partial charge in [0.05, 0.1) is 11.1 Å². The summed E-state index contributed by atoms with van der Waals surface area (Å²) < 4.78 is 0. The molecule has 0 radical (unpaired) electrons. The van der Waals surface area contributed by atoms with Gasteiger partial charge in [0.1, 0.15) is 5.82 Å². The molecule has 6 nitrogen and oxygen atoms in total. The van der Waals surface area contributed by atoms with E-state index in [4.69, 9.17) is 11.6 Å².